The highest BCUT2D eigenvalue weighted by molar-refractivity contribution is 5.77. The van der Waals surface area contributed by atoms with Crippen molar-refractivity contribution in [3.05, 3.63) is 48.0 Å². The third-order valence-corrected chi connectivity index (χ3v) is 6.20. The van der Waals surface area contributed by atoms with Crippen LogP contribution in [-0.4, -0.2) is 22.6 Å². The number of carbonyl (C=O) groups excluding carboxylic acids is 1. The largest absolute Gasteiger partial charge is 0.497 e. The van der Waals surface area contributed by atoms with Crippen molar-refractivity contribution in [2.75, 3.05) is 7.11 Å². The smallest absolute Gasteiger partial charge is 0.221 e. The van der Waals surface area contributed by atoms with Gasteiger partial charge in [0, 0.05) is 25.9 Å². The number of imidazole rings is 1. The molecule has 0 radical (unpaired) electrons. The number of ether oxygens (including phenoxy) is 1. The van der Waals surface area contributed by atoms with Crippen LogP contribution >= 0.6 is 0 Å². The van der Waals surface area contributed by atoms with E-state index in [2.05, 4.69) is 10.3 Å². The van der Waals surface area contributed by atoms with Crippen LogP contribution in [0.4, 0.5) is 0 Å². The predicted molar refractivity (Wildman–Crippen MR) is 99.7 cm³/mol. The van der Waals surface area contributed by atoms with Crippen molar-refractivity contribution in [1.82, 2.24) is 14.9 Å². The van der Waals surface area contributed by atoms with E-state index < -0.39 is 0 Å². The van der Waals surface area contributed by atoms with Crippen molar-refractivity contribution >= 4 is 5.91 Å². The van der Waals surface area contributed by atoms with Crippen LogP contribution in [0.2, 0.25) is 0 Å². The van der Waals surface area contributed by atoms with Crippen LogP contribution in [0.5, 0.6) is 5.75 Å². The van der Waals surface area contributed by atoms with Gasteiger partial charge in [-0.15, -0.1) is 0 Å². The molecule has 1 aromatic carbocycles. The summed E-state index contributed by atoms with van der Waals surface area (Å²) in [7, 11) is 3.61. The third kappa shape index (κ3) is 3.35. The molecule has 2 bridgehead atoms. The Kier molecular flexibility index (Phi) is 4.70. The summed E-state index contributed by atoms with van der Waals surface area (Å²) in [5.41, 5.74) is 1.02. The van der Waals surface area contributed by atoms with Gasteiger partial charge in [0.25, 0.3) is 0 Å². The van der Waals surface area contributed by atoms with Gasteiger partial charge in [0.2, 0.25) is 5.91 Å². The van der Waals surface area contributed by atoms with Crippen LogP contribution in [0.15, 0.2) is 36.7 Å². The highest BCUT2D eigenvalue weighted by Gasteiger charge is 2.40. The first-order valence-corrected chi connectivity index (χ1v) is 9.54. The van der Waals surface area contributed by atoms with Crippen LogP contribution in [0, 0.1) is 17.8 Å². The Morgan fingerprint density at radius 3 is 2.69 bits per heavy atom. The topological polar surface area (TPSA) is 56.1 Å². The fourth-order valence-electron chi connectivity index (χ4n) is 4.83. The molecule has 4 rings (SSSR count). The summed E-state index contributed by atoms with van der Waals surface area (Å²) in [4.78, 5) is 17.3. The lowest BCUT2D eigenvalue weighted by Crippen LogP contribution is -2.33. The van der Waals surface area contributed by atoms with Gasteiger partial charge in [0.05, 0.1) is 7.11 Å². The van der Waals surface area contributed by atoms with Crippen LogP contribution in [-0.2, 0) is 11.8 Å². The number of rotatable bonds is 6. The molecule has 4 atom stereocenters. The lowest BCUT2D eigenvalue weighted by atomic mass is 9.86. The molecule has 1 N–H and O–H groups in total. The number of hydrogen-bond donors (Lipinski definition) is 1. The van der Waals surface area contributed by atoms with Crippen molar-refractivity contribution in [2.24, 2.45) is 24.8 Å². The normalized spacial score (nSPS) is 25.2. The van der Waals surface area contributed by atoms with Gasteiger partial charge in [-0.2, -0.15) is 0 Å². The lowest BCUT2D eigenvalue weighted by molar-refractivity contribution is -0.123. The maximum Gasteiger partial charge on any atom is 0.221 e. The van der Waals surface area contributed by atoms with E-state index in [9.17, 15) is 4.79 Å². The number of nitrogens with one attached hydrogen (secondary N) is 1. The summed E-state index contributed by atoms with van der Waals surface area (Å²) in [6.45, 7) is 0. The minimum atomic E-state index is -0.244. The number of nitrogens with zero attached hydrogens (tertiary/aromatic N) is 2. The molecular weight excluding hydrogens is 326 g/mol. The number of aromatic nitrogens is 2. The molecule has 2 saturated carbocycles. The Bertz CT molecular complexity index is 768. The molecule has 0 spiro atoms. The summed E-state index contributed by atoms with van der Waals surface area (Å²) < 4.78 is 7.22. The summed E-state index contributed by atoms with van der Waals surface area (Å²) >= 11 is 0. The number of benzene rings is 1. The highest BCUT2D eigenvalue weighted by Crippen LogP contribution is 2.49. The maximum absolute atomic E-state index is 12.8. The number of carbonyl (C=O) groups is 1. The zero-order valence-electron chi connectivity index (χ0n) is 15.5. The fourth-order valence-corrected chi connectivity index (χ4v) is 4.83. The number of amides is 1. The molecule has 138 valence electrons. The molecule has 2 aliphatic rings. The van der Waals surface area contributed by atoms with Gasteiger partial charge in [-0.1, -0.05) is 18.6 Å². The Labute approximate surface area is 154 Å². The van der Waals surface area contributed by atoms with E-state index in [1.54, 1.807) is 13.3 Å². The zero-order chi connectivity index (χ0) is 18.1. The van der Waals surface area contributed by atoms with E-state index in [4.69, 9.17) is 4.74 Å². The predicted octanol–water partition coefficient (Wildman–Crippen LogP) is 3.46. The average Bonchev–Trinajstić information content (AvgIpc) is 3.37. The molecule has 5 nitrogen and oxygen atoms in total. The molecule has 1 aromatic heterocycles. The van der Waals surface area contributed by atoms with Gasteiger partial charge < -0.3 is 14.6 Å². The standard InChI is InChI=1S/C21H27N3O2/c1-24-10-9-22-21(24)20(15-5-7-18(26-2)8-6-15)23-19(25)13-17-12-14-3-4-16(17)11-14/h5-10,14,16-17,20H,3-4,11-13H2,1-2H3,(H,23,25)/t14-,16-,17-,20+/m0/s1. The Morgan fingerprint density at radius 1 is 1.31 bits per heavy atom. The van der Waals surface area contributed by atoms with Crippen molar-refractivity contribution in [3.8, 4) is 5.75 Å². The molecule has 1 heterocycles. The average molecular weight is 353 g/mol. The van der Waals surface area contributed by atoms with Crippen molar-refractivity contribution in [2.45, 2.75) is 38.1 Å². The lowest BCUT2D eigenvalue weighted by Gasteiger charge is -2.24. The zero-order valence-corrected chi connectivity index (χ0v) is 15.5. The van der Waals surface area contributed by atoms with Crippen LogP contribution in [0.25, 0.3) is 0 Å². The van der Waals surface area contributed by atoms with Gasteiger partial charge >= 0.3 is 0 Å². The van der Waals surface area contributed by atoms with Crippen molar-refractivity contribution in [1.29, 1.82) is 0 Å². The molecule has 2 aliphatic carbocycles. The second kappa shape index (κ2) is 7.14. The second-order valence-corrected chi connectivity index (χ2v) is 7.81. The molecule has 2 aromatic rings. The summed E-state index contributed by atoms with van der Waals surface area (Å²) in [5, 5.41) is 3.24. The first kappa shape index (κ1) is 17.1. The fraction of sp³-hybridized carbons (Fsp3) is 0.524. The molecule has 0 unspecified atom stereocenters. The molecule has 5 heteroatoms. The first-order chi connectivity index (χ1) is 12.6. The van der Waals surface area contributed by atoms with Crippen LogP contribution in [0.1, 0.15) is 49.5 Å². The minimum Gasteiger partial charge on any atom is -0.497 e. The molecule has 2 fully saturated rings. The third-order valence-electron chi connectivity index (χ3n) is 6.20. The summed E-state index contributed by atoms with van der Waals surface area (Å²) in [5.74, 6) is 3.97. The number of methoxy groups -OCH3 is 1. The first-order valence-electron chi connectivity index (χ1n) is 9.54. The van der Waals surface area contributed by atoms with Gasteiger partial charge in [-0.25, -0.2) is 4.98 Å². The second-order valence-electron chi connectivity index (χ2n) is 7.81. The van der Waals surface area contributed by atoms with E-state index in [0.29, 0.717) is 12.3 Å². The van der Waals surface area contributed by atoms with Gasteiger partial charge in [0.1, 0.15) is 17.6 Å². The monoisotopic (exact) mass is 353 g/mol. The van der Waals surface area contributed by atoms with Gasteiger partial charge in [-0.05, 0) is 54.7 Å². The highest BCUT2D eigenvalue weighted by atomic mass is 16.5. The molecular formula is C21H27N3O2. The van der Waals surface area contributed by atoms with E-state index in [1.165, 1.54) is 25.7 Å². The van der Waals surface area contributed by atoms with E-state index in [1.807, 2.05) is 42.1 Å². The van der Waals surface area contributed by atoms with E-state index in [-0.39, 0.29) is 11.9 Å². The quantitative estimate of drug-likeness (QED) is 0.865. The van der Waals surface area contributed by atoms with Crippen LogP contribution < -0.4 is 10.1 Å². The Balaban J connectivity index is 1.51. The van der Waals surface area contributed by atoms with Crippen molar-refractivity contribution < 1.29 is 9.53 Å². The SMILES string of the molecule is COc1ccc([C@@H](NC(=O)C[C@@H]2C[C@H]3CC[C@H]2C3)c2nccn2C)cc1. The van der Waals surface area contributed by atoms with Crippen molar-refractivity contribution in [3.63, 3.8) is 0 Å². The summed E-state index contributed by atoms with van der Waals surface area (Å²) in [6.07, 6.45) is 9.56. The molecule has 0 saturated heterocycles. The van der Waals surface area contributed by atoms with E-state index >= 15 is 0 Å². The Hall–Kier alpha value is -2.30. The minimum absolute atomic E-state index is 0.131. The number of fused-ring (bicyclic) bond motifs is 2. The van der Waals surface area contributed by atoms with Crippen LogP contribution in [0.3, 0.4) is 0 Å². The number of aryl methyl sites for hydroxylation is 1. The maximum atomic E-state index is 12.8. The van der Waals surface area contributed by atoms with Gasteiger partial charge in [0.15, 0.2) is 0 Å². The van der Waals surface area contributed by atoms with E-state index in [0.717, 1.165) is 29.0 Å². The number of hydrogen-bond acceptors (Lipinski definition) is 3. The van der Waals surface area contributed by atoms with Gasteiger partial charge in [-0.3, -0.25) is 4.79 Å². The molecule has 1 amide bonds. The summed E-state index contributed by atoms with van der Waals surface area (Å²) in [6, 6.07) is 7.60. The molecule has 0 aliphatic heterocycles. The Morgan fingerprint density at radius 2 is 2.12 bits per heavy atom. The molecule has 26 heavy (non-hydrogen) atoms.